The lowest BCUT2D eigenvalue weighted by molar-refractivity contribution is 0.483. The van der Waals surface area contributed by atoms with E-state index in [-0.39, 0.29) is 0 Å². The van der Waals surface area contributed by atoms with Crippen LogP contribution in [0.2, 0.25) is 0 Å². The van der Waals surface area contributed by atoms with E-state index in [9.17, 15) is 5.11 Å². The number of phenols is 1. The van der Waals surface area contributed by atoms with Crippen LogP contribution in [0.1, 0.15) is 0 Å². The first-order chi connectivity index (χ1) is 13.3. The Labute approximate surface area is 156 Å². The number of hydrogen-bond donors (Lipinski definition) is 1. The molecule has 0 fully saturated rings. The number of benzene rings is 6. The molecule has 0 spiro atoms. The standard InChI is InChI=1S/C26H16O/c27-26-20-7-2-1-4-16(20)10-15-23(26)21-13-11-19-9-8-17-5-3-6-18-12-14-22(21)25(19)24(17)18/h1-15,27H. The molecule has 6 aromatic carbocycles. The summed E-state index contributed by atoms with van der Waals surface area (Å²) in [6, 6.07) is 31.6. The van der Waals surface area contributed by atoms with E-state index in [1.54, 1.807) is 0 Å². The number of phenolic OH excluding ortho intramolecular Hbond substituents is 1. The molecule has 1 heteroatoms. The molecule has 0 saturated carbocycles. The van der Waals surface area contributed by atoms with Gasteiger partial charge in [-0.2, -0.15) is 0 Å². The Morgan fingerprint density at radius 2 is 1.00 bits per heavy atom. The van der Waals surface area contributed by atoms with Gasteiger partial charge in [-0.3, -0.25) is 0 Å². The largest absolute Gasteiger partial charge is 0.507 e. The maximum Gasteiger partial charge on any atom is 0.131 e. The molecule has 6 aromatic rings. The highest BCUT2D eigenvalue weighted by Gasteiger charge is 2.15. The van der Waals surface area contributed by atoms with Crippen molar-refractivity contribution < 1.29 is 5.11 Å². The van der Waals surface area contributed by atoms with Crippen LogP contribution in [0.4, 0.5) is 0 Å². The zero-order valence-electron chi connectivity index (χ0n) is 14.6. The molecule has 0 aliphatic heterocycles. The van der Waals surface area contributed by atoms with Crippen molar-refractivity contribution in [2.45, 2.75) is 0 Å². The van der Waals surface area contributed by atoms with Crippen LogP contribution in [0.3, 0.4) is 0 Å². The van der Waals surface area contributed by atoms with E-state index in [0.717, 1.165) is 21.9 Å². The lowest BCUT2D eigenvalue weighted by Crippen LogP contribution is -1.88. The number of fused-ring (bicyclic) bond motifs is 1. The van der Waals surface area contributed by atoms with Gasteiger partial charge in [-0.05, 0) is 49.3 Å². The average Bonchev–Trinajstić information content (AvgIpc) is 2.73. The summed E-state index contributed by atoms with van der Waals surface area (Å²) in [4.78, 5) is 0. The lowest BCUT2D eigenvalue weighted by atomic mass is 9.89. The minimum absolute atomic E-state index is 0.350. The van der Waals surface area contributed by atoms with Gasteiger partial charge < -0.3 is 5.11 Å². The third kappa shape index (κ3) is 1.94. The minimum atomic E-state index is 0.350. The average molecular weight is 344 g/mol. The fourth-order valence-electron chi connectivity index (χ4n) is 4.44. The van der Waals surface area contributed by atoms with E-state index in [2.05, 4.69) is 60.7 Å². The molecule has 0 atom stereocenters. The van der Waals surface area contributed by atoms with Crippen molar-refractivity contribution in [2.75, 3.05) is 0 Å². The molecule has 0 radical (unpaired) electrons. The van der Waals surface area contributed by atoms with E-state index in [1.165, 1.54) is 32.3 Å². The predicted octanol–water partition coefficient (Wildman–Crippen LogP) is 7.11. The molecular weight excluding hydrogens is 328 g/mol. The topological polar surface area (TPSA) is 20.2 Å². The fraction of sp³-hybridized carbons (Fsp3) is 0. The molecular formula is C26H16O. The maximum absolute atomic E-state index is 11.0. The summed E-state index contributed by atoms with van der Waals surface area (Å²) >= 11 is 0. The summed E-state index contributed by atoms with van der Waals surface area (Å²) in [6.45, 7) is 0. The van der Waals surface area contributed by atoms with Crippen LogP contribution in [0, 0.1) is 0 Å². The molecule has 0 aliphatic carbocycles. The molecule has 0 aromatic heterocycles. The molecule has 1 nitrogen and oxygen atoms in total. The highest BCUT2D eigenvalue weighted by molar-refractivity contribution is 6.25. The zero-order chi connectivity index (χ0) is 18.0. The number of hydrogen-bond acceptors (Lipinski definition) is 1. The number of rotatable bonds is 1. The second-order valence-corrected chi connectivity index (χ2v) is 7.15. The second kappa shape index (κ2) is 5.21. The van der Waals surface area contributed by atoms with Gasteiger partial charge in [-0.25, -0.2) is 0 Å². The van der Waals surface area contributed by atoms with Gasteiger partial charge in [0, 0.05) is 10.9 Å². The van der Waals surface area contributed by atoms with Crippen molar-refractivity contribution in [2.24, 2.45) is 0 Å². The van der Waals surface area contributed by atoms with Crippen molar-refractivity contribution in [3.63, 3.8) is 0 Å². The van der Waals surface area contributed by atoms with Crippen LogP contribution in [-0.4, -0.2) is 5.11 Å². The Morgan fingerprint density at radius 1 is 0.407 bits per heavy atom. The van der Waals surface area contributed by atoms with Gasteiger partial charge in [-0.15, -0.1) is 0 Å². The van der Waals surface area contributed by atoms with Crippen LogP contribution in [0.25, 0.3) is 54.2 Å². The summed E-state index contributed by atoms with van der Waals surface area (Å²) in [6.07, 6.45) is 0. The van der Waals surface area contributed by atoms with Gasteiger partial charge >= 0.3 is 0 Å². The van der Waals surface area contributed by atoms with Crippen molar-refractivity contribution >= 4 is 43.1 Å². The van der Waals surface area contributed by atoms with Gasteiger partial charge in [-0.1, -0.05) is 84.9 Å². The first-order valence-corrected chi connectivity index (χ1v) is 9.19. The predicted molar refractivity (Wildman–Crippen MR) is 115 cm³/mol. The molecule has 0 saturated heterocycles. The van der Waals surface area contributed by atoms with E-state index in [1.807, 2.05) is 30.3 Å². The molecule has 0 heterocycles. The minimum Gasteiger partial charge on any atom is -0.507 e. The summed E-state index contributed by atoms with van der Waals surface area (Å²) in [5.74, 6) is 0.350. The Bertz CT molecular complexity index is 1460. The monoisotopic (exact) mass is 344 g/mol. The Morgan fingerprint density at radius 3 is 1.85 bits per heavy atom. The fourth-order valence-corrected chi connectivity index (χ4v) is 4.44. The van der Waals surface area contributed by atoms with Crippen LogP contribution >= 0.6 is 0 Å². The SMILES string of the molecule is Oc1c(-c2ccc3ccc4cccc5ccc2c3c45)ccc2ccccc12. The highest BCUT2D eigenvalue weighted by atomic mass is 16.3. The summed E-state index contributed by atoms with van der Waals surface area (Å²) in [7, 11) is 0. The van der Waals surface area contributed by atoms with Crippen molar-refractivity contribution in [3.05, 3.63) is 91.0 Å². The Balaban J connectivity index is 1.77. The molecule has 1 N–H and O–H groups in total. The van der Waals surface area contributed by atoms with Crippen molar-refractivity contribution in [1.29, 1.82) is 0 Å². The first-order valence-electron chi connectivity index (χ1n) is 9.19. The third-order valence-electron chi connectivity index (χ3n) is 5.72. The van der Waals surface area contributed by atoms with Crippen molar-refractivity contribution in [3.8, 4) is 16.9 Å². The third-order valence-corrected chi connectivity index (χ3v) is 5.72. The number of aromatic hydroxyl groups is 1. The molecule has 27 heavy (non-hydrogen) atoms. The molecule has 0 aliphatic rings. The second-order valence-electron chi connectivity index (χ2n) is 7.15. The molecule has 0 unspecified atom stereocenters. The van der Waals surface area contributed by atoms with Crippen LogP contribution < -0.4 is 0 Å². The summed E-state index contributed by atoms with van der Waals surface area (Å²) in [5.41, 5.74) is 1.95. The van der Waals surface area contributed by atoms with Crippen LogP contribution in [-0.2, 0) is 0 Å². The smallest absolute Gasteiger partial charge is 0.131 e. The Hall–Kier alpha value is -3.58. The van der Waals surface area contributed by atoms with Crippen LogP contribution in [0.15, 0.2) is 91.0 Å². The lowest BCUT2D eigenvalue weighted by Gasteiger charge is -2.15. The van der Waals surface area contributed by atoms with E-state index in [0.29, 0.717) is 5.75 Å². The first kappa shape index (κ1) is 14.6. The summed E-state index contributed by atoms with van der Waals surface area (Å²) in [5, 5.41) is 20.4. The quantitative estimate of drug-likeness (QED) is 0.315. The summed E-state index contributed by atoms with van der Waals surface area (Å²) < 4.78 is 0. The maximum atomic E-state index is 11.0. The normalized spacial score (nSPS) is 11.9. The van der Waals surface area contributed by atoms with Gasteiger partial charge in [0.1, 0.15) is 5.75 Å². The molecule has 126 valence electrons. The van der Waals surface area contributed by atoms with E-state index < -0.39 is 0 Å². The molecule has 6 rings (SSSR count). The van der Waals surface area contributed by atoms with E-state index >= 15 is 0 Å². The van der Waals surface area contributed by atoms with E-state index in [4.69, 9.17) is 0 Å². The zero-order valence-corrected chi connectivity index (χ0v) is 14.6. The van der Waals surface area contributed by atoms with Crippen LogP contribution in [0.5, 0.6) is 5.75 Å². The van der Waals surface area contributed by atoms with Crippen molar-refractivity contribution in [1.82, 2.24) is 0 Å². The van der Waals surface area contributed by atoms with Gasteiger partial charge in [0.2, 0.25) is 0 Å². The Kier molecular flexibility index (Phi) is 2.81. The van der Waals surface area contributed by atoms with Gasteiger partial charge in [0.25, 0.3) is 0 Å². The van der Waals surface area contributed by atoms with Gasteiger partial charge in [0.05, 0.1) is 0 Å². The van der Waals surface area contributed by atoms with Gasteiger partial charge in [0.15, 0.2) is 0 Å². The molecule has 0 bridgehead atoms. The molecule has 0 amide bonds. The highest BCUT2D eigenvalue weighted by Crippen LogP contribution is 2.43.